The molecule has 0 radical (unpaired) electrons. The predicted molar refractivity (Wildman–Crippen MR) is 78.4 cm³/mol. The fraction of sp³-hybridized carbons (Fsp3) is 1.00. The first-order valence-corrected chi connectivity index (χ1v) is 7.66. The lowest BCUT2D eigenvalue weighted by Gasteiger charge is -2.27. The van der Waals surface area contributed by atoms with Crippen molar-refractivity contribution < 1.29 is 0 Å². The Kier molecular flexibility index (Phi) is 12.3. The van der Waals surface area contributed by atoms with E-state index in [-0.39, 0.29) is 0 Å². The monoisotopic (exact) mass is 242 g/mol. The van der Waals surface area contributed by atoms with E-state index in [1.165, 1.54) is 64.3 Å². The molecule has 0 saturated heterocycles. The maximum absolute atomic E-state index is 5.88. The Morgan fingerprint density at radius 1 is 0.882 bits per heavy atom. The number of hydrogen-bond donors (Lipinski definition) is 1. The zero-order valence-corrected chi connectivity index (χ0v) is 12.4. The van der Waals surface area contributed by atoms with E-state index in [9.17, 15) is 0 Å². The molecule has 2 N–H and O–H groups in total. The lowest BCUT2D eigenvalue weighted by atomic mass is 10.1. The molecular formula is C15H34N2. The molecule has 0 fully saturated rings. The first-order chi connectivity index (χ1) is 8.26. The summed E-state index contributed by atoms with van der Waals surface area (Å²) in [5.41, 5.74) is 5.88. The minimum absolute atomic E-state index is 0.605. The quantitative estimate of drug-likeness (QED) is 0.528. The van der Waals surface area contributed by atoms with Gasteiger partial charge in [-0.15, -0.1) is 0 Å². The van der Waals surface area contributed by atoms with Gasteiger partial charge in [-0.1, -0.05) is 58.8 Å². The van der Waals surface area contributed by atoms with E-state index < -0.39 is 0 Å². The molecule has 0 bridgehead atoms. The second-order valence-corrected chi connectivity index (χ2v) is 5.28. The van der Waals surface area contributed by atoms with Gasteiger partial charge in [0.15, 0.2) is 0 Å². The Hall–Kier alpha value is -0.0800. The van der Waals surface area contributed by atoms with Crippen LogP contribution in [0, 0.1) is 0 Å². The average molecular weight is 242 g/mol. The lowest BCUT2D eigenvalue weighted by Crippen LogP contribution is -2.38. The van der Waals surface area contributed by atoms with E-state index in [4.69, 9.17) is 5.73 Å². The Morgan fingerprint density at radius 2 is 1.47 bits per heavy atom. The standard InChI is InChI=1S/C15H34N2/c1-4-6-8-9-10-12-15(14-16)17(3)13-11-7-5-2/h15H,4-14,16H2,1-3H3. The maximum Gasteiger partial charge on any atom is 0.0215 e. The van der Waals surface area contributed by atoms with Crippen molar-refractivity contribution in [2.45, 2.75) is 77.7 Å². The van der Waals surface area contributed by atoms with E-state index in [2.05, 4.69) is 25.8 Å². The van der Waals surface area contributed by atoms with Gasteiger partial charge in [0, 0.05) is 12.6 Å². The predicted octanol–water partition coefficient (Wildman–Crippen LogP) is 3.80. The van der Waals surface area contributed by atoms with Crippen LogP contribution < -0.4 is 5.73 Å². The van der Waals surface area contributed by atoms with Crippen molar-refractivity contribution >= 4 is 0 Å². The summed E-state index contributed by atoms with van der Waals surface area (Å²) < 4.78 is 0. The van der Waals surface area contributed by atoms with Crippen LogP contribution in [0.15, 0.2) is 0 Å². The van der Waals surface area contributed by atoms with Gasteiger partial charge in [0.2, 0.25) is 0 Å². The van der Waals surface area contributed by atoms with Crippen molar-refractivity contribution in [3.63, 3.8) is 0 Å². The number of rotatable bonds is 12. The van der Waals surface area contributed by atoms with Gasteiger partial charge in [-0.25, -0.2) is 0 Å². The molecule has 0 spiro atoms. The van der Waals surface area contributed by atoms with E-state index in [0.29, 0.717) is 6.04 Å². The Bertz CT molecular complexity index is 148. The highest BCUT2D eigenvalue weighted by Crippen LogP contribution is 2.11. The molecule has 0 amide bonds. The summed E-state index contributed by atoms with van der Waals surface area (Å²) in [6.07, 6.45) is 12.1. The van der Waals surface area contributed by atoms with Gasteiger partial charge in [0.05, 0.1) is 0 Å². The topological polar surface area (TPSA) is 29.3 Å². The van der Waals surface area contributed by atoms with Crippen LogP contribution in [0.4, 0.5) is 0 Å². The molecule has 2 heteroatoms. The Balaban J connectivity index is 3.58. The molecule has 0 aliphatic carbocycles. The van der Waals surface area contributed by atoms with Crippen LogP contribution >= 0.6 is 0 Å². The van der Waals surface area contributed by atoms with E-state index in [1.807, 2.05) is 0 Å². The zero-order valence-electron chi connectivity index (χ0n) is 12.4. The van der Waals surface area contributed by atoms with Crippen molar-refractivity contribution in [3.05, 3.63) is 0 Å². The number of likely N-dealkylation sites (N-methyl/N-ethyl adjacent to an activating group) is 1. The molecular weight excluding hydrogens is 208 g/mol. The molecule has 1 unspecified atom stereocenters. The van der Waals surface area contributed by atoms with E-state index in [1.54, 1.807) is 0 Å². The Morgan fingerprint density at radius 3 is 2.06 bits per heavy atom. The summed E-state index contributed by atoms with van der Waals surface area (Å²) >= 11 is 0. The molecule has 0 aliphatic heterocycles. The second-order valence-electron chi connectivity index (χ2n) is 5.28. The van der Waals surface area contributed by atoms with Crippen LogP contribution in [0.2, 0.25) is 0 Å². The third kappa shape index (κ3) is 9.61. The van der Waals surface area contributed by atoms with Crippen LogP contribution in [0.5, 0.6) is 0 Å². The van der Waals surface area contributed by atoms with Crippen molar-refractivity contribution in [2.24, 2.45) is 5.73 Å². The summed E-state index contributed by atoms with van der Waals surface area (Å²) in [4.78, 5) is 2.47. The van der Waals surface area contributed by atoms with Gasteiger partial charge in [-0.3, -0.25) is 0 Å². The fourth-order valence-corrected chi connectivity index (χ4v) is 2.30. The minimum Gasteiger partial charge on any atom is -0.329 e. The van der Waals surface area contributed by atoms with Gasteiger partial charge in [-0.2, -0.15) is 0 Å². The smallest absolute Gasteiger partial charge is 0.0215 e. The van der Waals surface area contributed by atoms with Crippen LogP contribution in [0.25, 0.3) is 0 Å². The summed E-state index contributed by atoms with van der Waals surface area (Å²) in [6, 6.07) is 0.605. The van der Waals surface area contributed by atoms with Gasteiger partial charge in [-0.05, 0) is 26.4 Å². The first-order valence-electron chi connectivity index (χ1n) is 7.66. The molecule has 104 valence electrons. The highest BCUT2D eigenvalue weighted by molar-refractivity contribution is 4.69. The van der Waals surface area contributed by atoms with Crippen LogP contribution in [0.1, 0.15) is 71.6 Å². The normalized spacial score (nSPS) is 13.2. The molecule has 0 aromatic heterocycles. The first kappa shape index (κ1) is 16.9. The van der Waals surface area contributed by atoms with E-state index >= 15 is 0 Å². The summed E-state index contributed by atoms with van der Waals surface area (Å²) in [5.74, 6) is 0. The molecule has 0 aromatic carbocycles. The summed E-state index contributed by atoms with van der Waals surface area (Å²) in [6.45, 7) is 6.55. The summed E-state index contributed by atoms with van der Waals surface area (Å²) in [7, 11) is 2.24. The largest absolute Gasteiger partial charge is 0.329 e. The Labute approximate surface area is 109 Å². The molecule has 0 saturated carbocycles. The second kappa shape index (κ2) is 12.4. The molecule has 0 heterocycles. The van der Waals surface area contributed by atoms with Crippen molar-refractivity contribution in [2.75, 3.05) is 20.1 Å². The average Bonchev–Trinajstić information content (AvgIpc) is 2.34. The number of nitrogens with zero attached hydrogens (tertiary/aromatic N) is 1. The number of nitrogens with two attached hydrogens (primary N) is 1. The molecule has 17 heavy (non-hydrogen) atoms. The summed E-state index contributed by atoms with van der Waals surface area (Å²) in [5, 5.41) is 0. The molecule has 0 rings (SSSR count). The minimum atomic E-state index is 0.605. The third-order valence-corrected chi connectivity index (χ3v) is 3.65. The van der Waals surface area contributed by atoms with Crippen molar-refractivity contribution in [1.82, 2.24) is 4.90 Å². The fourth-order valence-electron chi connectivity index (χ4n) is 2.30. The van der Waals surface area contributed by atoms with Crippen LogP contribution in [0.3, 0.4) is 0 Å². The van der Waals surface area contributed by atoms with Gasteiger partial charge >= 0.3 is 0 Å². The molecule has 0 aliphatic rings. The van der Waals surface area contributed by atoms with Crippen molar-refractivity contribution in [1.29, 1.82) is 0 Å². The van der Waals surface area contributed by atoms with Crippen LogP contribution in [-0.2, 0) is 0 Å². The van der Waals surface area contributed by atoms with Crippen LogP contribution in [-0.4, -0.2) is 31.1 Å². The molecule has 0 aromatic rings. The molecule has 1 atom stereocenters. The SMILES string of the molecule is CCCCCCCC(CN)N(C)CCCCC. The van der Waals surface area contributed by atoms with Crippen molar-refractivity contribution in [3.8, 4) is 0 Å². The highest BCUT2D eigenvalue weighted by Gasteiger charge is 2.11. The van der Waals surface area contributed by atoms with Gasteiger partial charge in [0.1, 0.15) is 0 Å². The maximum atomic E-state index is 5.88. The molecule has 2 nitrogen and oxygen atoms in total. The third-order valence-electron chi connectivity index (χ3n) is 3.65. The zero-order chi connectivity index (χ0) is 12.9. The number of unbranched alkanes of at least 4 members (excludes halogenated alkanes) is 6. The number of hydrogen-bond acceptors (Lipinski definition) is 2. The lowest BCUT2D eigenvalue weighted by molar-refractivity contribution is 0.226. The van der Waals surface area contributed by atoms with E-state index in [0.717, 1.165) is 6.54 Å². The van der Waals surface area contributed by atoms with Gasteiger partial charge < -0.3 is 10.6 Å². The van der Waals surface area contributed by atoms with Gasteiger partial charge in [0.25, 0.3) is 0 Å². The highest BCUT2D eigenvalue weighted by atomic mass is 15.1.